The highest BCUT2D eigenvalue weighted by molar-refractivity contribution is 6.29. The van der Waals surface area contributed by atoms with Crippen molar-refractivity contribution in [2.45, 2.75) is 118 Å². The molecule has 19 heteroatoms. The maximum Gasteiger partial charge on any atom is 0.223 e. The molecule has 2 aromatic carbocycles. The molecule has 2 amide bonds. The summed E-state index contributed by atoms with van der Waals surface area (Å²) < 4.78 is 15.5. The second-order valence-electron chi connectivity index (χ2n) is 20.1. The molecule has 0 radical (unpaired) electrons. The van der Waals surface area contributed by atoms with Crippen LogP contribution in [0.15, 0.2) is 73.3 Å². The number of hydrogen-bond acceptors (Lipinski definition) is 14. The smallest absolute Gasteiger partial charge is 0.223 e. The number of likely N-dealkylation sites (tertiary alicyclic amines) is 2. The fourth-order valence-electron chi connectivity index (χ4n) is 9.38. The van der Waals surface area contributed by atoms with E-state index in [4.69, 9.17) is 26.8 Å². The molecule has 388 valence electrons. The van der Waals surface area contributed by atoms with Crippen LogP contribution in [0.25, 0.3) is 22.5 Å². The van der Waals surface area contributed by atoms with E-state index >= 15 is 0 Å². The second kappa shape index (κ2) is 24.2. The lowest BCUT2D eigenvalue weighted by Gasteiger charge is -2.40. The molecular weight excluding hydrogens is 944 g/mol. The highest BCUT2D eigenvalue weighted by Crippen LogP contribution is 2.27. The van der Waals surface area contributed by atoms with E-state index in [-0.39, 0.29) is 36.2 Å². The minimum atomic E-state index is 0.183. The topological polar surface area (TPSA) is 191 Å². The Bertz CT molecular complexity index is 2840. The lowest BCUT2D eigenvalue weighted by Crippen LogP contribution is -2.55. The summed E-state index contributed by atoms with van der Waals surface area (Å²) in [6, 6.07) is 20.2. The quantitative estimate of drug-likeness (QED) is 0.106. The number of fused-ring (bicyclic) bond motifs is 2. The Morgan fingerprint density at radius 2 is 1.14 bits per heavy atom. The molecule has 0 bridgehead atoms. The van der Waals surface area contributed by atoms with Gasteiger partial charge in [0.05, 0.1) is 60.3 Å². The van der Waals surface area contributed by atoms with Crippen LogP contribution in [0.5, 0.6) is 0 Å². The average Bonchev–Trinajstić information content (AvgIpc) is 3.91. The van der Waals surface area contributed by atoms with Gasteiger partial charge in [-0.3, -0.25) is 28.8 Å². The van der Waals surface area contributed by atoms with Gasteiger partial charge < -0.3 is 30.3 Å². The van der Waals surface area contributed by atoms with Crippen molar-refractivity contribution in [2.24, 2.45) is 0 Å². The minimum absolute atomic E-state index is 0.183. The van der Waals surface area contributed by atoms with Crippen molar-refractivity contribution in [3.63, 3.8) is 0 Å². The first-order valence-electron chi connectivity index (χ1n) is 25.4. The molecule has 6 aromatic rings. The summed E-state index contributed by atoms with van der Waals surface area (Å²) >= 11 is 5.94. The van der Waals surface area contributed by atoms with E-state index in [2.05, 4.69) is 114 Å². The third-order valence-corrected chi connectivity index (χ3v) is 13.6. The Morgan fingerprint density at radius 3 is 1.64 bits per heavy atom. The number of nitrogens with two attached hydrogens (primary N) is 1. The van der Waals surface area contributed by atoms with Gasteiger partial charge in [0, 0.05) is 101 Å². The normalized spacial score (nSPS) is 15.9. The number of amides is 2. The van der Waals surface area contributed by atoms with Gasteiger partial charge in [-0.15, -0.1) is 0 Å². The lowest BCUT2D eigenvalue weighted by molar-refractivity contribution is -0.148. The number of carbonyl (C=O) groups excluding carboxylic acids is 2. The summed E-state index contributed by atoms with van der Waals surface area (Å²) in [5.74, 6) is 2.53. The van der Waals surface area contributed by atoms with Crippen molar-refractivity contribution >= 4 is 40.9 Å². The lowest BCUT2D eigenvalue weighted by atomic mass is 9.99. The molecule has 0 saturated carbocycles. The Morgan fingerprint density at radius 1 is 0.644 bits per heavy atom. The third kappa shape index (κ3) is 14.5. The summed E-state index contributed by atoms with van der Waals surface area (Å²) in [7, 11) is 4.23. The average molecular weight is 1020 g/mol. The Balaban J connectivity index is 0.000000166. The maximum absolute atomic E-state index is 12.5. The third-order valence-electron chi connectivity index (χ3n) is 13.4. The van der Waals surface area contributed by atoms with Gasteiger partial charge >= 0.3 is 0 Å². The number of halogens is 1. The van der Waals surface area contributed by atoms with Crippen LogP contribution in [0.2, 0.25) is 5.15 Å². The van der Waals surface area contributed by atoms with Gasteiger partial charge in [-0.05, 0) is 103 Å². The first-order valence-corrected chi connectivity index (χ1v) is 25.8. The van der Waals surface area contributed by atoms with Crippen LogP contribution < -0.4 is 11.1 Å². The molecule has 18 nitrogen and oxygen atoms in total. The Hall–Kier alpha value is -6.31. The Labute approximate surface area is 434 Å². The van der Waals surface area contributed by atoms with Gasteiger partial charge in [-0.25, -0.2) is 19.9 Å². The van der Waals surface area contributed by atoms with Crippen molar-refractivity contribution < 1.29 is 19.1 Å². The first-order chi connectivity index (χ1) is 35.0. The molecule has 10 rings (SSSR count). The zero-order valence-corrected chi connectivity index (χ0v) is 44.3. The van der Waals surface area contributed by atoms with Crippen LogP contribution in [0.4, 0.5) is 17.5 Å². The van der Waals surface area contributed by atoms with Crippen LogP contribution in [0.3, 0.4) is 0 Å². The van der Waals surface area contributed by atoms with E-state index in [1.807, 2.05) is 60.4 Å². The zero-order valence-electron chi connectivity index (χ0n) is 43.6. The molecule has 8 heterocycles. The number of benzene rings is 2. The SMILES string of the molecule is CN1CCn2nc(N)cc2C1.Cc1cc(-c2cc(Cl)ncn2)ccc1CCC(=O)N1CC(OC(C)C)C1.Cc1cc(-c2cc(Nc3cc4n(n3)CCN(C)C4)ncn2)ccc1CCC(=O)N1CC(OC(C)C)C1. The van der Waals surface area contributed by atoms with Gasteiger partial charge in [0.2, 0.25) is 11.8 Å². The molecule has 4 aliphatic rings. The highest BCUT2D eigenvalue weighted by atomic mass is 35.5. The number of rotatable bonds is 14. The summed E-state index contributed by atoms with van der Waals surface area (Å²) in [5.41, 5.74) is 16.3. The zero-order chi connectivity index (χ0) is 51.8. The molecule has 2 fully saturated rings. The standard InChI is InChI=1S/C27H35N7O2.C20H24ClN3O2.C7H12N4/c1-18(2)36-23-15-33(16-23)27(35)8-7-20-5-6-21(11-19(20)3)24-13-25(29-17-28-24)30-26-12-22-14-32(4)9-10-34(22)31-26;1-13(2)26-17-10-24(11-17)20(25)7-6-15-4-5-16(8-14(15)3)18-9-19(21)23-12-22-18;1-10-2-3-11-6(5-10)4-7(8)9-11/h5-6,11-13,17-18,23H,7-10,14-16H2,1-4H3,(H,28,29,30,31);4-5,8-9,12-13,17H,6-7,10-11H2,1-3H3;4H,2-3,5H2,1H3,(H2,8,9). The minimum Gasteiger partial charge on any atom is -0.382 e. The number of nitrogens with one attached hydrogen (secondary N) is 1. The van der Waals surface area contributed by atoms with Gasteiger partial charge in [0.1, 0.15) is 29.4 Å². The number of nitrogen functional groups attached to an aromatic ring is 1. The number of nitrogens with zero attached hydrogens (tertiary/aromatic N) is 12. The second-order valence-corrected chi connectivity index (χ2v) is 20.5. The van der Waals surface area contributed by atoms with E-state index in [1.165, 1.54) is 28.8 Å². The van der Waals surface area contributed by atoms with Gasteiger partial charge in [0.15, 0.2) is 5.82 Å². The largest absolute Gasteiger partial charge is 0.382 e. The van der Waals surface area contributed by atoms with Crippen LogP contribution in [-0.2, 0) is 58.1 Å². The van der Waals surface area contributed by atoms with Gasteiger partial charge in [0.25, 0.3) is 0 Å². The summed E-state index contributed by atoms with van der Waals surface area (Å²) in [6.45, 7) is 20.9. The molecule has 4 aliphatic heterocycles. The van der Waals surface area contributed by atoms with Crippen molar-refractivity contribution in [3.05, 3.63) is 112 Å². The fraction of sp³-hybridized carbons (Fsp3) is 0.481. The number of anilines is 3. The van der Waals surface area contributed by atoms with Crippen molar-refractivity contribution in [1.29, 1.82) is 0 Å². The predicted molar refractivity (Wildman–Crippen MR) is 284 cm³/mol. The molecule has 2 saturated heterocycles. The number of hydrogen-bond donors (Lipinski definition) is 2. The van der Waals surface area contributed by atoms with Crippen LogP contribution in [0.1, 0.15) is 74.2 Å². The highest BCUT2D eigenvalue weighted by Gasteiger charge is 2.32. The maximum atomic E-state index is 12.5. The van der Waals surface area contributed by atoms with E-state index in [0.29, 0.717) is 55.8 Å². The van der Waals surface area contributed by atoms with E-state index < -0.39 is 0 Å². The number of likely N-dealkylation sites (N-methyl/N-ethyl adjacent to an activating group) is 2. The Kier molecular flexibility index (Phi) is 17.5. The van der Waals surface area contributed by atoms with Crippen LogP contribution in [0, 0.1) is 13.8 Å². The van der Waals surface area contributed by atoms with Crippen LogP contribution in [-0.4, -0.2) is 149 Å². The van der Waals surface area contributed by atoms with E-state index in [0.717, 1.165) is 91.6 Å². The number of aromatic nitrogens is 8. The van der Waals surface area contributed by atoms with Crippen molar-refractivity contribution in [1.82, 2.24) is 59.1 Å². The van der Waals surface area contributed by atoms with Crippen molar-refractivity contribution in [2.75, 3.05) is 64.4 Å². The number of ether oxygens (including phenoxy) is 2. The number of aryl methyl sites for hydroxylation is 4. The molecule has 4 aromatic heterocycles. The molecule has 0 unspecified atom stereocenters. The summed E-state index contributed by atoms with van der Waals surface area (Å²) in [6.07, 6.45) is 6.33. The number of carbonyl (C=O) groups is 2. The summed E-state index contributed by atoms with van der Waals surface area (Å²) in [5, 5.41) is 12.6. The summed E-state index contributed by atoms with van der Waals surface area (Å²) in [4.78, 5) is 50.2. The molecule has 0 aliphatic carbocycles. The van der Waals surface area contributed by atoms with E-state index in [1.54, 1.807) is 12.4 Å². The van der Waals surface area contributed by atoms with Gasteiger partial charge in [-0.2, -0.15) is 10.2 Å². The van der Waals surface area contributed by atoms with Crippen molar-refractivity contribution in [3.8, 4) is 22.5 Å². The molecular formula is C54H71ClN14O4. The van der Waals surface area contributed by atoms with Gasteiger partial charge in [-0.1, -0.05) is 35.9 Å². The first kappa shape index (κ1) is 53.0. The monoisotopic (exact) mass is 1010 g/mol. The molecule has 3 N–H and O–H groups in total. The fourth-order valence-corrected chi connectivity index (χ4v) is 9.53. The van der Waals surface area contributed by atoms with Crippen LogP contribution >= 0.6 is 11.6 Å². The molecule has 73 heavy (non-hydrogen) atoms. The molecule has 0 atom stereocenters. The molecule has 0 spiro atoms. The predicted octanol–water partition coefficient (Wildman–Crippen LogP) is 6.99. The van der Waals surface area contributed by atoms with E-state index in [9.17, 15) is 9.59 Å².